The van der Waals surface area contributed by atoms with Crippen molar-refractivity contribution in [3.63, 3.8) is 0 Å². The first-order valence-electron chi connectivity index (χ1n) is 7.08. The van der Waals surface area contributed by atoms with Crippen molar-refractivity contribution in [3.05, 3.63) is 29.3 Å². The molecular weight excluding hydrogens is 240 g/mol. The quantitative estimate of drug-likeness (QED) is 0.871. The van der Waals surface area contributed by atoms with Gasteiger partial charge in [-0.25, -0.2) is 4.79 Å². The van der Waals surface area contributed by atoms with Crippen LogP contribution in [0.2, 0.25) is 0 Å². The third kappa shape index (κ3) is 2.73. The molecule has 4 heteroatoms. The minimum absolute atomic E-state index is 0.0219. The maximum absolute atomic E-state index is 12.2. The van der Waals surface area contributed by atoms with Crippen LogP contribution in [0.25, 0.3) is 0 Å². The second-order valence-electron chi connectivity index (χ2n) is 5.42. The second-order valence-corrected chi connectivity index (χ2v) is 5.42. The van der Waals surface area contributed by atoms with Crippen LogP contribution in [0.4, 0.5) is 10.5 Å². The molecule has 3 rings (SSSR count). The summed E-state index contributed by atoms with van der Waals surface area (Å²) in [6.07, 6.45) is 5.59. The predicted octanol–water partition coefficient (Wildman–Crippen LogP) is 2.16. The molecule has 0 radical (unpaired) electrons. The number of carbonyl (C=O) groups excluding carboxylic acids is 1. The number of aliphatic hydroxyl groups is 1. The lowest BCUT2D eigenvalue weighted by Gasteiger charge is -2.22. The number of nitrogens with one attached hydrogen (secondary N) is 1. The molecular formula is C15H20N2O2. The summed E-state index contributed by atoms with van der Waals surface area (Å²) >= 11 is 0. The summed E-state index contributed by atoms with van der Waals surface area (Å²) in [6.45, 7) is 0.440. The molecule has 2 aliphatic carbocycles. The maximum atomic E-state index is 12.2. The summed E-state index contributed by atoms with van der Waals surface area (Å²) in [6, 6.07) is 6.41. The standard InChI is InChI=1S/C15H20N2O2/c18-9-8-17(14-6-7-14)15(19)16-13-5-4-11-2-1-3-12(11)10-13/h4-5,10,14,18H,1-3,6-9H2,(H,16,19). The van der Waals surface area contributed by atoms with Crippen molar-refractivity contribution in [2.75, 3.05) is 18.5 Å². The summed E-state index contributed by atoms with van der Waals surface area (Å²) in [4.78, 5) is 13.9. The number of nitrogens with zero attached hydrogens (tertiary/aromatic N) is 1. The molecule has 102 valence electrons. The number of hydrogen-bond donors (Lipinski definition) is 2. The van der Waals surface area contributed by atoms with Crippen LogP contribution in [-0.2, 0) is 12.8 Å². The third-order valence-electron chi connectivity index (χ3n) is 3.94. The van der Waals surface area contributed by atoms with Crippen molar-refractivity contribution in [2.24, 2.45) is 0 Å². The largest absolute Gasteiger partial charge is 0.395 e. The van der Waals surface area contributed by atoms with Gasteiger partial charge in [0.15, 0.2) is 0 Å². The lowest BCUT2D eigenvalue weighted by molar-refractivity contribution is 0.185. The fraction of sp³-hybridized carbons (Fsp3) is 0.533. The molecule has 1 aromatic rings. The van der Waals surface area contributed by atoms with Gasteiger partial charge in [0, 0.05) is 18.3 Å². The van der Waals surface area contributed by atoms with E-state index < -0.39 is 0 Å². The van der Waals surface area contributed by atoms with Crippen LogP contribution in [0.3, 0.4) is 0 Å². The number of aryl methyl sites for hydroxylation is 2. The molecule has 2 aliphatic rings. The molecule has 0 heterocycles. The number of aliphatic hydroxyl groups excluding tert-OH is 1. The number of fused-ring (bicyclic) bond motifs is 1. The fourth-order valence-corrected chi connectivity index (χ4v) is 2.79. The van der Waals surface area contributed by atoms with Gasteiger partial charge in [-0.05, 0) is 55.4 Å². The van der Waals surface area contributed by atoms with E-state index in [1.54, 1.807) is 4.90 Å². The molecule has 0 spiro atoms. The highest BCUT2D eigenvalue weighted by Gasteiger charge is 2.32. The first-order chi connectivity index (χ1) is 9.28. The highest BCUT2D eigenvalue weighted by atomic mass is 16.3. The third-order valence-corrected chi connectivity index (χ3v) is 3.94. The zero-order valence-corrected chi connectivity index (χ0v) is 11.1. The Kier molecular flexibility index (Phi) is 3.42. The molecule has 4 nitrogen and oxygen atoms in total. The Balaban J connectivity index is 1.68. The van der Waals surface area contributed by atoms with Gasteiger partial charge in [-0.3, -0.25) is 0 Å². The van der Waals surface area contributed by atoms with Crippen LogP contribution < -0.4 is 5.32 Å². The number of hydrogen-bond acceptors (Lipinski definition) is 2. The Morgan fingerprint density at radius 1 is 1.32 bits per heavy atom. The number of benzene rings is 1. The molecule has 19 heavy (non-hydrogen) atoms. The number of anilines is 1. The summed E-state index contributed by atoms with van der Waals surface area (Å²) < 4.78 is 0. The van der Waals surface area contributed by atoms with E-state index in [0.29, 0.717) is 12.6 Å². The van der Waals surface area contributed by atoms with Gasteiger partial charge in [-0.1, -0.05) is 6.07 Å². The van der Waals surface area contributed by atoms with E-state index in [1.165, 1.54) is 17.5 Å². The molecule has 1 saturated carbocycles. The van der Waals surface area contributed by atoms with Gasteiger partial charge >= 0.3 is 6.03 Å². The molecule has 0 aromatic heterocycles. The van der Waals surface area contributed by atoms with E-state index >= 15 is 0 Å². The maximum Gasteiger partial charge on any atom is 0.322 e. The second kappa shape index (κ2) is 5.21. The smallest absolute Gasteiger partial charge is 0.322 e. The molecule has 1 aromatic carbocycles. The number of urea groups is 1. The normalized spacial score (nSPS) is 17.1. The monoisotopic (exact) mass is 260 g/mol. The van der Waals surface area contributed by atoms with E-state index in [-0.39, 0.29) is 12.6 Å². The van der Waals surface area contributed by atoms with E-state index in [4.69, 9.17) is 5.11 Å². The van der Waals surface area contributed by atoms with Crippen molar-refractivity contribution in [3.8, 4) is 0 Å². The highest BCUT2D eigenvalue weighted by molar-refractivity contribution is 5.90. The zero-order chi connectivity index (χ0) is 13.2. The zero-order valence-electron chi connectivity index (χ0n) is 11.1. The molecule has 0 saturated heterocycles. The van der Waals surface area contributed by atoms with E-state index in [1.807, 2.05) is 6.07 Å². The van der Waals surface area contributed by atoms with Crippen LogP contribution >= 0.6 is 0 Å². The van der Waals surface area contributed by atoms with Crippen molar-refractivity contribution < 1.29 is 9.90 Å². The number of carbonyl (C=O) groups is 1. The molecule has 0 bridgehead atoms. The molecule has 2 N–H and O–H groups in total. The Morgan fingerprint density at radius 3 is 2.84 bits per heavy atom. The molecule has 0 aliphatic heterocycles. The van der Waals surface area contributed by atoms with Gasteiger partial charge in [0.2, 0.25) is 0 Å². The minimum atomic E-state index is -0.0884. The first-order valence-corrected chi connectivity index (χ1v) is 7.08. The van der Waals surface area contributed by atoms with Gasteiger partial charge in [0.05, 0.1) is 6.61 Å². The van der Waals surface area contributed by atoms with E-state index in [2.05, 4.69) is 17.4 Å². The number of amides is 2. The van der Waals surface area contributed by atoms with Gasteiger partial charge in [-0.2, -0.15) is 0 Å². The Labute approximate surface area is 113 Å². The first kappa shape index (κ1) is 12.5. The van der Waals surface area contributed by atoms with E-state index in [0.717, 1.165) is 31.4 Å². The predicted molar refractivity (Wildman–Crippen MR) is 74.3 cm³/mol. The van der Waals surface area contributed by atoms with Gasteiger partial charge < -0.3 is 15.3 Å². The lowest BCUT2D eigenvalue weighted by atomic mass is 10.1. The van der Waals surface area contributed by atoms with E-state index in [9.17, 15) is 4.79 Å². The summed E-state index contributed by atoms with van der Waals surface area (Å²) in [5.74, 6) is 0. The average Bonchev–Trinajstić information content (AvgIpc) is 3.13. The van der Waals surface area contributed by atoms with Crippen molar-refractivity contribution >= 4 is 11.7 Å². The van der Waals surface area contributed by atoms with Crippen LogP contribution in [0.1, 0.15) is 30.4 Å². The van der Waals surface area contributed by atoms with Crippen LogP contribution in [0, 0.1) is 0 Å². The molecule has 0 unspecified atom stereocenters. The Hall–Kier alpha value is -1.55. The fourth-order valence-electron chi connectivity index (χ4n) is 2.79. The van der Waals surface area contributed by atoms with Gasteiger partial charge in [0.25, 0.3) is 0 Å². The molecule has 2 amide bonds. The summed E-state index contributed by atoms with van der Waals surface area (Å²) in [5, 5.41) is 12.0. The minimum Gasteiger partial charge on any atom is -0.395 e. The van der Waals surface area contributed by atoms with Crippen molar-refractivity contribution in [1.82, 2.24) is 4.90 Å². The summed E-state index contributed by atoms with van der Waals surface area (Å²) in [7, 11) is 0. The van der Waals surface area contributed by atoms with Gasteiger partial charge in [-0.15, -0.1) is 0 Å². The topological polar surface area (TPSA) is 52.6 Å². The van der Waals surface area contributed by atoms with Crippen LogP contribution in [0.15, 0.2) is 18.2 Å². The van der Waals surface area contributed by atoms with Crippen molar-refractivity contribution in [2.45, 2.75) is 38.1 Å². The number of rotatable bonds is 4. The lowest BCUT2D eigenvalue weighted by Crippen LogP contribution is -2.38. The van der Waals surface area contributed by atoms with Crippen LogP contribution in [0.5, 0.6) is 0 Å². The Bertz CT molecular complexity index is 483. The SMILES string of the molecule is O=C(Nc1ccc2c(c1)CCC2)N(CCO)C1CC1. The molecule has 0 atom stereocenters. The summed E-state index contributed by atoms with van der Waals surface area (Å²) in [5.41, 5.74) is 3.64. The highest BCUT2D eigenvalue weighted by Crippen LogP contribution is 2.28. The van der Waals surface area contributed by atoms with Crippen LogP contribution in [-0.4, -0.2) is 35.2 Å². The Morgan fingerprint density at radius 2 is 2.11 bits per heavy atom. The van der Waals surface area contributed by atoms with Crippen molar-refractivity contribution in [1.29, 1.82) is 0 Å². The average molecular weight is 260 g/mol. The van der Waals surface area contributed by atoms with Gasteiger partial charge in [0.1, 0.15) is 0 Å². The molecule has 1 fully saturated rings.